The quantitative estimate of drug-likeness (QED) is 0.519. The molecule has 0 aliphatic carbocycles. The van der Waals surface area contributed by atoms with Gasteiger partial charge < -0.3 is 24.3 Å². The van der Waals surface area contributed by atoms with E-state index in [0.29, 0.717) is 17.1 Å². The summed E-state index contributed by atoms with van der Waals surface area (Å²) in [6.07, 6.45) is 0. The lowest BCUT2D eigenvalue weighted by molar-refractivity contribution is -0.119. The van der Waals surface area contributed by atoms with Gasteiger partial charge in [0.15, 0.2) is 18.1 Å². The molecule has 1 aromatic heterocycles. The first-order valence-electron chi connectivity index (χ1n) is 9.93. The minimum atomic E-state index is -0.768. The van der Waals surface area contributed by atoms with Crippen molar-refractivity contribution in [3.05, 3.63) is 64.1 Å². The fourth-order valence-corrected chi connectivity index (χ4v) is 3.30. The summed E-state index contributed by atoms with van der Waals surface area (Å²) in [5, 5.41) is 2.54. The van der Waals surface area contributed by atoms with Crippen LogP contribution in [0.5, 0.6) is 17.2 Å². The molecular formula is C23H25N3O7. The van der Waals surface area contributed by atoms with Crippen molar-refractivity contribution in [3.8, 4) is 22.9 Å². The molecule has 174 valence electrons. The highest BCUT2D eigenvalue weighted by atomic mass is 16.5. The second kappa shape index (κ2) is 9.94. The summed E-state index contributed by atoms with van der Waals surface area (Å²) >= 11 is 0. The normalized spacial score (nSPS) is 10.5. The molecule has 0 unspecified atom stereocenters. The summed E-state index contributed by atoms with van der Waals surface area (Å²) in [4.78, 5) is 37.8. The number of rotatable bonds is 8. The number of benzene rings is 2. The molecule has 10 nitrogen and oxygen atoms in total. The van der Waals surface area contributed by atoms with E-state index in [9.17, 15) is 14.4 Å². The molecule has 0 radical (unpaired) electrons. The van der Waals surface area contributed by atoms with Crippen LogP contribution in [0.4, 0.5) is 5.69 Å². The lowest BCUT2D eigenvalue weighted by Gasteiger charge is -2.13. The minimum absolute atomic E-state index is 0.107. The van der Waals surface area contributed by atoms with E-state index in [4.69, 9.17) is 18.9 Å². The van der Waals surface area contributed by atoms with Gasteiger partial charge in [0.25, 0.3) is 11.5 Å². The molecule has 0 saturated heterocycles. The summed E-state index contributed by atoms with van der Waals surface area (Å²) in [5.41, 5.74) is 1.02. The Morgan fingerprint density at radius 2 is 1.58 bits per heavy atom. The smallest absolute Gasteiger partial charge is 0.338 e. The van der Waals surface area contributed by atoms with Crippen LogP contribution < -0.4 is 25.1 Å². The van der Waals surface area contributed by atoms with Crippen LogP contribution in [0.1, 0.15) is 16.1 Å². The molecule has 0 spiro atoms. The first-order valence-corrected chi connectivity index (χ1v) is 9.93. The number of anilines is 1. The van der Waals surface area contributed by atoms with Crippen molar-refractivity contribution in [2.24, 2.45) is 7.05 Å². The zero-order valence-electron chi connectivity index (χ0n) is 19.0. The second-order valence-corrected chi connectivity index (χ2v) is 6.97. The molecule has 0 aliphatic heterocycles. The molecule has 0 bridgehead atoms. The summed E-state index contributed by atoms with van der Waals surface area (Å²) in [5.74, 6) is -0.550. The van der Waals surface area contributed by atoms with E-state index in [1.165, 1.54) is 38.1 Å². The predicted molar refractivity (Wildman–Crippen MR) is 121 cm³/mol. The Kier molecular flexibility index (Phi) is 7.07. The Bertz CT molecular complexity index is 1200. The van der Waals surface area contributed by atoms with E-state index in [-0.39, 0.29) is 22.7 Å². The highest BCUT2D eigenvalue weighted by Crippen LogP contribution is 2.38. The van der Waals surface area contributed by atoms with Crippen LogP contribution in [-0.4, -0.2) is 49.2 Å². The van der Waals surface area contributed by atoms with Gasteiger partial charge in [0.1, 0.15) is 5.69 Å². The predicted octanol–water partition coefficient (Wildman–Crippen LogP) is 2.31. The number of nitrogens with zero attached hydrogens (tertiary/aromatic N) is 2. The fourth-order valence-electron chi connectivity index (χ4n) is 3.30. The summed E-state index contributed by atoms with van der Waals surface area (Å²) < 4.78 is 23.9. The average Bonchev–Trinajstić information content (AvgIpc) is 3.04. The van der Waals surface area contributed by atoms with Crippen molar-refractivity contribution in [3.63, 3.8) is 0 Å². The maximum atomic E-state index is 12.9. The van der Waals surface area contributed by atoms with Gasteiger partial charge in [-0.15, -0.1) is 0 Å². The van der Waals surface area contributed by atoms with Crippen LogP contribution in [0.3, 0.4) is 0 Å². The molecule has 3 aromatic rings. The lowest BCUT2D eigenvalue weighted by atomic mass is 10.2. The molecule has 1 N–H and O–H groups in total. The zero-order valence-corrected chi connectivity index (χ0v) is 19.0. The van der Waals surface area contributed by atoms with Crippen molar-refractivity contribution in [1.82, 2.24) is 9.36 Å². The number of methoxy groups -OCH3 is 3. The molecule has 2 aromatic carbocycles. The fraction of sp³-hybridized carbons (Fsp3) is 0.261. The molecule has 3 rings (SSSR count). The summed E-state index contributed by atoms with van der Waals surface area (Å²) in [7, 11) is 6.00. The monoisotopic (exact) mass is 455 g/mol. The number of para-hydroxylation sites is 1. The van der Waals surface area contributed by atoms with E-state index in [1.807, 2.05) is 18.2 Å². The zero-order chi connectivity index (χ0) is 24.1. The standard InChI is InChI=1S/C23H25N3O7/c1-14-20(22(28)26(25(14)2)16-9-7-6-8-10-16)24-19(27)13-33-23(29)15-11-17(30-3)21(32-5)18(12-15)31-4/h6-12H,13H2,1-5H3,(H,24,27). The van der Waals surface area contributed by atoms with E-state index >= 15 is 0 Å². The first-order chi connectivity index (χ1) is 15.8. The number of ether oxygens (including phenoxy) is 4. The van der Waals surface area contributed by atoms with Gasteiger partial charge in [-0.3, -0.25) is 14.3 Å². The molecule has 0 fully saturated rings. The number of carbonyl (C=O) groups excluding carboxylic acids is 2. The maximum Gasteiger partial charge on any atom is 0.338 e. The summed E-state index contributed by atoms with van der Waals surface area (Å²) in [6, 6.07) is 11.9. The van der Waals surface area contributed by atoms with E-state index in [0.717, 1.165) is 0 Å². The van der Waals surface area contributed by atoms with E-state index < -0.39 is 24.0 Å². The molecule has 10 heteroatoms. The number of amides is 1. The first kappa shape index (κ1) is 23.5. The van der Waals surface area contributed by atoms with Crippen molar-refractivity contribution in [1.29, 1.82) is 0 Å². The van der Waals surface area contributed by atoms with Gasteiger partial charge >= 0.3 is 5.97 Å². The summed E-state index contributed by atoms with van der Waals surface area (Å²) in [6.45, 7) is 1.12. The third-order valence-electron chi connectivity index (χ3n) is 5.05. The average molecular weight is 455 g/mol. The van der Waals surface area contributed by atoms with Crippen LogP contribution in [0.2, 0.25) is 0 Å². The van der Waals surface area contributed by atoms with Gasteiger partial charge in [0.2, 0.25) is 5.75 Å². The van der Waals surface area contributed by atoms with E-state index in [1.54, 1.807) is 30.8 Å². The Hall–Kier alpha value is -4.21. The van der Waals surface area contributed by atoms with Crippen LogP contribution in [0, 0.1) is 6.92 Å². The minimum Gasteiger partial charge on any atom is -0.493 e. The van der Waals surface area contributed by atoms with E-state index in [2.05, 4.69) is 5.32 Å². The maximum absolute atomic E-state index is 12.9. The number of hydrogen-bond acceptors (Lipinski definition) is 7. The van der Waals surface area contributed by atoms with Gasteiger partial charge in [-0.1, -0.05) is 18.2 Å². The lowest BCUT2D eigenvalue weighted by Crippen LogP contribution is -2.25. The highest BCUT2D eigenvalue weighted by molar-refractivity contribution is 5.96. The molecule has 1 heterocycles. The number of aromatic nitrogens is 2. The van der Waals surface area contributed by atoms with Crippen molar-refractivity contribution >= 4 is 17.6 Å². The Morgan fingerprint density at radius 3 is 2.12 bits per heavy atom. The van der Waals surface area contributed by atoms with Gasteiger partial charge in [0, 0.05) is 7.05 Å². The largest absolute Gasteiger partial charge is 0.493 e. The Morgan fingerprint density at radius 1 is 0.970 bits per heavy atom. The molecule has 1 amide bonds. The van der Waals surface area contributed by atoms with Crippen LogP contribution in [0.15, 0.2) is 47.3 Å². The van der Waals surface area contributed by atoms with Crippen molar-refractivity contribution in [2.75, 3.05) is 33.3 Å². The Balaban J connectivity index is 1.74. The number of carbonyl (C=O) groups is 2. The molecule has 0 atom stereocenters. The molecule has 0 saturated carbocycles. The third-order valence-corrected chi connectivity index (χ3v) is 5.05. The van der Waals surface area contributed by atoms with Crippen LogP contribution >= 0.6 is 0 Å². The van der Waals surface area contributed by atoms with Crippen molar-refractivity contribution < 1.29 is 28.5 Å². The number of esters is 1. The third kappa shape index (κ3) is 4.69. The Labute approximate surface area is 190 Å². The molecular weight excluding hydrogens is 430 g/mol. The van der Waals surface area contributed by atoms with Crippen LogP contribution in [0.25, 0.3) is 5.69 Å². The van der Waals surface area contributed by atoms with Gasteiger partial charge in [-0.05, 0) is 31.2 Å². The van der Waals surface area contributed by atoms with Crippen LogP contribution in [-0.2, 0) is 16.6 Å². The van der Waals surface area contributed by atoms with Gasteiger partial charge in [-0.25, -0.2) is 9.48 Å². The topological polar surface area (TPSA) is 110 Å². The van der Waals surface area contributed by atoms with Gasteiger partial charge in [0.05, 0.1) is 38.3 Å². The highest BCUT2D eigenvalue weighted by Gasteiger charge is 2.21. The van der Waals surface area contributed by atoms with Gasteiger partial charge in [-0.2, -0.15) is 0 Å². The second-order valence-electron chi connectivity index (χ2n) is 6.97. The van der Waals surface area contributed by atoms with Crippen molar-refractivity contribution in [2.45, 2.75) is 6.92 Å². The molecule has 0 aliphatic rings. The SMILES string of the molecule is COc1cc(C(=O)OCC(=O)Nc2c(C)n(C)n(-c3ccccc3)c2=O)cc(OC)c1OC. The molecule has 33 heavy (non-hydrogen) atoms. The number of nitrogens with one attached hydrogen (secondary N) is 1. The number of hydrogen-bond donors (Lipinski definition) is 1.